The van der Waals surface area contributed by atoms with Crippen LogP contribution in [0.3, 0.4) is 0 Å². The Morgan fingerprint density at radius 2 is 1.68 bits per heavy atom. The van der Waals surface area contributed by atoms with E-state index in [1.54, 1.807) is 7.11 Å². The Hall–Kier alpha value is -0.833. The Morgan fingerprint density at radius 1 is 1.14 bits per heavy atom. The second-order valence-electron chi connectivity index (χ2n) is 7.95. The molecule has 0 unspecified atom stereocenters. The van der Waals surface area contributed by atoms with Gasteiger partial charge >= 0.3 is 5.97 Å². The standard InChI is InChI=1S/C17H32O4Si/c1-16(2,3)15(18)20-13-14(21-17(4,5)19-6)11-10-12-22(7,8)9/h14H,11,13H2,1-9H3/t14-/m1/s1. The molecule has 1 atom stereocenters. The predicted octanol–water partition coefficient (Wildman–Crippen LogP) is 3.61. The zero-order valence-electron chi connectivity index (χ0n) is 15.6. The van der Waals surface area contributed by atoms with E-state index < -0.39 is 19.3 Å². The van der Waals surface area contributed by atoms with Crippen molar-refractivity contribution in [3.63, 3.8) is 0 Å². The minimum atomic E-state index is -1.42. The summed E-state index contributed by atoms with van der Waals surface area (Å²) in [5.41, 5.74) is 2.78. The summed E-state index contributed by atoms with van der Waals surface area (Å²) in [6, 6.07) is 0. The third kappa shape index (κ3) is 9.99. The van der Waals surface area contributed by atoms with Crippen LogP contribution in [-0.4, -0.2) is 39.7 Å². The Labute approximate surface area is 136 Å². The van der Waals surface area contributed by atoms with Crippen LogP contribution in [0.4, 0.5) is 0 Å². The van der Waals surface area contributed by atoms with Gasteiger partial charge in [0.15, 0.2) is 5.79 Å². The molecule has 5 heteroatoms. The second-order valence-corrected chi connectivity index (χ2v) is 12.7. The van der Waals surface area contributed by atoms with E-state index in [4.69, 9.17) is 14.2 Å². The highest BCUT2D eigenvalue weighted by atomic mass is 28.3. The maximum absolute atomic E-state index is 11.9. The van der Waals surface area contributed by atoms with Crippen LogP contribution in [0.1, 0.15) is 41.0 Å². The molecule has 0 aromatic carbocycles. The molecule has 0 aliphatic carbocycles. The van der Waals surface area contributed by atoms with Crippen LogP contribution < -0.4 is 0 Å². The van der Waals surface area contributed by atoms with Gasteiger partial charge in [0.1, 0.15) is 20.8 Å². The molecular weight excluding hydrogens is 296 g/mol. The Balaban J connectivity index is 4.79. The minimum absolute atomic E-state index is 0.184. The third-order valence-corrected chi connectivity index (χ3v) is 3.67. The van der Waals surface area contributed by atoms with Gasteiger partial charge in [-0.2, -0.15) is 0 Å². The zero-order valence-corrected chi connectivity index (χ0v) is 16.6. The van der Waals surface area contributed by atoms with Crippen molar-refractivity contribution in [1.82, 2.24) is 0 Å². The molecule has 0 fully saturated rings. The first-order valence-electron chi connectivity index (χ1n) is 7.67. The van der Waals surface area contributed by atoms with Crippen molar-refractivity contribution in [3.05, 3.63) is 0 Å². The van der Waals surface area contributed by atoms with Crippen LogP contribution in [-0.2, 0) is 19.0 Å². The highest BCUT2D eigenvalue weighted by Gasteiger charge is 2.27. The van der Waals surface area contributed by atoms with Crippen molar-refractivity contribution in [3.8, 4) is 11.5 Å². The molecule has 0 aliphatic rings. The van der Waals surface area contributed by atoms with Crippen molar-refractivity contribution in [2.75, 3.05) is 13.7 Å². The lowest BCUT2D eigenvalue weighted by atomic mass is 9.97. The van der Waals surface area contributed by atoms with Gasteiger partial charge in [0, 0.05) is 13.5 Å². The van der Waals surface area contributed by atoms with E-state index in [-0.39, 0.29) is 18.7 Å². The summed E-state index contributed by atoms with van der Waals surface area (Å²) >= 11 is 0. The molecule has 0 aliphatic heterocycles. The Bertz CT molecular complexity index is 419. The molecule has 4 nitrogen and oxygen atoms in total. The molecule has 128 valence electrons. The van der Waals surface area contributed by atoms with Gasteiger partial charge in [-0.1, -0.05) is 19.6 Å². The largest absolute Gasteiger partial charge is 0.462 e. The fraction of sp³-hybridized carbons (Fsp3) is 0.824. The van der Waals surface area contributed by atoms with E-state index >= 15 is 0 Å². The maximum Gasteiger partial charge on any atom is 0.311 e. The van der Waals surface area contributed by atoms with Gasteiger partial charge in [-0.3, -0.25) is 4.79 Å². The van der Waals surface area contributed by atoms with E-state index in [9.17, 15) is 4.79 Å². The van der Waals surface area contributed by atoms with Crippen molar-refractivity contribution < 1.29 is 19.0 Å². The van der Waals surface area contributed by atoms with Crippen molar-refractivity contribution >= 4 is 14.0 Å². The average Bonchev–Trinajstić information content (AvgIpc) is 2.32. The van der Waals surface area contributed by atoms with E-state index in [1.165, 1.54) is 0 Å². The molecule has 0 rings (SSSR count). The maximum atomic E-state index is 11.9. The van der Waals surface area contributed by atoms with Crippen LogP contribution in [0.15, 0.2) is 0 Å². The lowest BCUT2D eigenvalue weighted by Gasteiger charge is -2.29. The Morgan fingerprint density at radius 3 is 2.09 bits per heavy atom. The van der Waals surface area contributed by atoms with Gasteiger partial charge in [0.05, 0.1) is 5.41 Å². The Kier molecular flexibility index (Phi) is 7.83. The lowest BCUT2D eigenvalue weighted by Crippen LogP contribution is -2.36. The number of carbonyl (C=O) groups excluding carboxylic acids is 1. The SMILES string of the molecule is COC(C)(C)O[C@H](CC#C[Si](C)(C)C)COC(=O)C(C)(C)C. The number of rotatable bonds is 6. The quantitative estimate of drug-likeness (QED) is 0.323. The summed E-state index contributed by atoms with van der Waals surface area (Å²) in [7, 11) is 0.168. The van der Waals surface area contributed by atoms with Crippen LogP contribution >= 0.6 is 0 Å². The van der Waals surface area contributed by atoms with Crippen LogP contribution in [0, 0.1) is 16.9 Å². The van der Waals surface area contributed by atoms with E-state index in [0.717, 1.165) is 0 Å². The summed E-state index contributed by atoms with van der Waals surface area (Å²) in [6.07, 6.45) is 0.221. The predicted molar refractivity (Wildman–Crippen MR) is 92.1 cm³/mol. The summed E-state index contributed by atoms with van der Waals surface area (Å²) in [5, 5.41) is 0. The first-order valence-corrected chi connectivity index (χ1v) is 11.2. The van der Waals surface area contributed by atoms with Crippen molar-refractivity contribution in [1.29, 1.82) is 0 Å². The first kappa shape index (κ1) is 21.2. The lowest BCUT2D eigenvalue weighted by molar-refractivity contribution is -0.231. The van der Waals surface area contributed by atoms with Crippen molar-refractivity contribution in [2.24, 2.45) is 5.41 Å². The fourth-order valence-electron chi connectivity index (χ4n) is 1.40. The molecule has 0 N–H and O–H groups in total. The average molecular weight is 329 g/mol. The monoisotopic (exact) mass is 328 g/mol. The molecule has 0 amide bonds. The van der Waals surface area contributed by atoms with Gasteiger partial charge in [-0.05, 0) is 34.6 Å². The first-order chi connectivity index (χ1) is 9.77. The fourth-order valence-corrected chi connectivity index (χ4v) is 2.03. The van der Waals surface area contributed by atoms with Gasteiger partial charge in [0.2, 0.25) is 0 Å². The molecule has 22 heavy (non-hydrogen) atoms. The number of hydrogen-bond acceptors (Lipinski definition) is 4. The molecule has 0 heterocycles. The molecule has 0 aromatic heterocycles. The number of hydrogen-bond donors (Lipinski definition) is 0. The van der Waals surface area contributed by atoms with Crippen molar-refractivity contribution in [2.45, 2.75) is 72.6 Å². The van der Waals surface area contributed by atoms with Gasteiger partial charge < -0.3 is 14.2 Å². The molecule has 0 spiro atoms. The van der Waals surface area contributed by atoms with Gasteiger partial charge in [-0.15, -0.1) is 11.5 Å². The number of methoxy groups -OCH3 is 1. The summed E-state index contributed by atoms with van der Waals surface area (Å²) in [4.78, 5) is 11.9. The topological polar surface area (TPSA) is 44.8 Å². The molecule has 0 bridgehead atoms. The summed E-state index contributed by atoms with van der Waals surface area (Å²) in [6.45, 7) is 15.9. The van der Waals surface area contributed by atoms with E-state index in [0.29, 0.717) is 6.42 Å². The number of carbonyl (C=O) groups is 1. The highest BCUT2D eigenvalue weighted by molar-refractivity contribution is 6.83. The third-order valence-electron chi connectivity index (χ3n) is 2.75. The van der Waals surface area contributed by atoms with Crippen LogP contribution in [0.5, 0.6) is 0 Å². The van der Waals surface area contributed by atoms with Crippen LogP contribution in [0.25, 0.3) is 0 Å². The van der Waals surface area contributed by atoms with E-state index in [1.807, 2.05) is 34.6 Å². The summed E-state index contributed by atoms with van der Waals surface area (Å²) in [5.74, 6) is 2.20. The number of ether oxygens (including phenoxy) is 3. The second kappa shape index (κ2) is 8.14. The number of esters is 1. The highest BCUT2D eigenvalue weighted by Crippen LogP contribution is 2.18. The van der Waals surface area contributed by atoms with E-state index in [2.05, 4.69) is 31.1 Å². The molecule has 0 aromatic rings. The molecule has 0 saturated heterocycles. The minimum Gasteiger partial charge on any atom is -0.462 e. The van der Waals surface area contributed by atoms with Crippen LogP contribution in [0.2, 0.25) is 19.6 Å². The smallest absolute Gasteiger partial charge is 0.311 e. The summed E-state index contributed by atoms with van der Waals surface area (Å²) < 4.78 is 16.5. The van der Waals surface area contributed by atoms with Gasteiger partial charge in [0.25, 0.3) is 0 Å². The molecular formula is C17H32O4Si. The molecule has 0 radical (unpaired) electrons. The zero-order chi connectivity index (χ0) is 17.6. The normalized spacial score (nSPS) is 14.0. The van der Waals surface area contributed by atoms with Gasteiger partial charge in [-0.25, -0.2) is 0 Å². The molecule has 0 saturated carbocycles.